The van der Waals surface area contributed by atoms with Gasteiger partial charge in [0.1, 0.15) is 5.75 Å². The molecule has 90 valence electrons. The summed E-state index contributed by atoms with van der Waals surface area (Å²) in [6.07, 6.45) is -1.80. The van der Waals surface area contributed by atoms with E-state index in [1.54, 1.807) is 12.1 Å². The molecule has 0 unspecified atom stereocenters. The normalized spacial score (nSPS) is 19.2. The Hall–Kier alpha value is -1.98. The third-order valence-electron chi connectivity index (χ3n) is 2.19. The number of carbonyl (C=O) groups is 1. The van der Waals surface area contributed by atoms with Gasteiger partial charge in [-0.2, -0.15) is 0 Å². The summed E-state index contributed by atoms with van der Waals surface area (Å²) < 4.78 is 39.8. The summed E-state index contributed by atoms with van der Waals surface area (Å²) in [5.74, 6) is -0.568. The molecule has 2 rings (SSSR count). The molecule has 1 aromatic carbocycles. The van der Waals surface area contributed by atoms with Gasteiger partial charge in [-0.25, -0.2) is 0 Å². The molecule has 0 aromatic heterocycles. The Kier molecular flexibility index (Phi) is 2.79. The Morgan fingerprint density at radius 1 is 1.29 bits per heavy atom. The van der Waals surface area contributed by atoms with E-state index in [9.17, 15) is 18.0 Å². The molecule has 1 N–H and O–H groups in total. The largest absolute Gasteiger partial charge is 0.573 e. The van der Waals surface area contributed by atoms with Crippen LogP contribution >= 0.6 is 0 Å². The second-order valence-electron chi connectivity index (χ2n) is 3.47. The second-order valence-corrected chi connectivity index (χ2v) is 3.47. The average molecular weight is 243 g/mol. The van der Waals surface area contributed by atoms with Gasteiger partial charge in [-0.15, -0.1) is 13.2 Å². The first-order chi connectivity index (χ1) is 7.94. The van der Waals surface area contributed by atoms with E-state index in [4.69, 9.17) is 0 Å². The van der Waals surface area contributed by atoms with Gasteiger partial charge in [0, 0.05) is 6.08 Å². The van der Waals surface area contributed by atoms with Gasteiger partial charge in [0.05, 0.1) is 6.04 Å². The lowest BCUT2D eigenvalue weighted by Gasteiger charge is -2.13. The molecule has 0 saturated heterocycles. The number of rotatable bonds is 2. The van der Waals surface area contributed by atoms with Crippen molar-refractivity contribution in [3.8, 4) is 5.75 Å². The van der Waals surface area contributed by atoms with E-state index >= 15 is 0 Å². The number of ether oxygens (including phenoxy) is 1. The predicted octanol–water partition coefficient (Wildman–Crippen LogP) is 2.31. The second kappa shape index (κ2) is 4.12. The number of hydrogen-bond acceptors (Lipinski definition) is 2. The van der Waals surface area contributed by atoms with Crippen LogP contribution in [0.4, 0.5) is 13.2 Å². The third-order valence-corrected chi connectivity index (χ3v) is 2.19. The average Bonchev–Trinajstić information content (AvgIpc) is 2.63. The quantitative estimate of drug-likeness (QED) is 0.865. The van der Waals surface area contributed by atoms with Gasteiger partial charge in [0.15, 0.2) is 0 Å². The Morgan fingerprint density at radius 2 is 2.06 bits per heavy atom. The zero-order valence-corrected chi connectivity index (χ0v) is 8.49. The number of alkyl halides is 3. The molecule has 0 bridgehead atoms. The first-order valence-electron chi connectivity index (χ1n) is 4.78. The van der Waals surface area contributed by atoms with E-state index in [-0.39, 0.29) is 11.7 Å². The summed E-state index contributed by atoms with van der Waals surface area (Å²) in [7, 11) is 0. The van der Waals surface area contributed by atoms with Crippen molar-refractivity contribution in [2.24, 2.45) is 0 Å². The van der Waals surface area contributed by atoms with Gasteiger partial charge in [0.25, 0.3) is 0 Å². The molecule has 17 heavy (non-hydrogen) atoms. The van der Waals surface area contributed by atoms with Gasteiger partial charge < -0.3 is 10.1 Å². The van der Waals surface area contributed by atoms with Crippen LogP contribution in [0.5, 0.6) is 5.75 Å². The Bertz CT molecular complexity index is 468. The molecule has 1 aliphatic heterocycles. The molecule has 1 atom stereocenters. The molecular formula is C11H8F3NO2. The van der Waals surface area contributed by atoms with Gasteiger partial charge in [-0.05, 0) is 17.7 Å². The first kappa shape index (κ1) is 11.5. The predicted molar refractivity (Wildman–Crippen MR) is 53.1 cm³/mol. The molecule has 0 spiro atoms. The van der Waals surface area contributed by atoms with Crippen LogP contribution in [0.3, 0.4) is 0 Å². The number of nitrogens with one attached hydrogen (secondary N) is 1. The van der Waals surface area contributed by atoms with Crippen molar-refractivity contribution in [3.63, 3.8) is 0 Å². The van der Waals surface area contributed by atoms with Crippen LogP contribution in [-0.2, 0) is 4.79 Å². The molecular weight excluding hydrogens is 235 g/mol. The number of hydrogen-bond donors (Lipinski definition) is 1. The number of carbonyl (C=O) groups excluding carboxylic acids is 1. The minimum Gasteiger partial charge on any atom is -0.406 e. The SMILES string of the molecule is O=C1C=C[C@@H](c2cccc(OC(F)(F)F)c2)N1. The maximum absolute atomic E-state index is 12.0. The fourth-order valence-electron chi connectivity index (χ4n) is 1.53. The summed E-state index contributed by atoms with van der Waals surface area (Å²) in [6, 6.07) is 5.10. The topological polar surface area (TPSA) is 38.3 Å². The van der Waals surface area contributed by atoms with E-state index in [2.05, 4.69) is 10.1 Å². The van der Waals surface area contributed by atoms with Crippen molar-refractivity contribution in [2.75, 3.05) is 0 Å². The Balaban J connectivity index is 2.17. The molecule has 1 aliphatic rings. The van der Waals surface area contributed by atoms with Crippen LogP contribution in [0.2, 0.25) is 0 Å². The van der Waals surface area contributed by atoms with Crippen LogP contribution in [0.15, 0.2) is 36.4 Å². The van der Waals surface area contributed by atoms with E-state index in [1.165, 1.54) is 24.3 Å². The fraction of sp³-hybridized carbons (Fsp3) is 0.182. The van der Waals surface area contributed by atoms with Gasteiger partial charge in [-0.1, -0.05) is 18.2 Å². The lowest BCUT2D eigenvalue weighted by atomic mass is 10.1. The first-order valence-corrected chi connectivity index (χ1v) is 4.78. The molecule has 0 saturated carbocycles. The summed E-state index contributed by atoms with van der Waals surface area (Å²) in [5, 5.41) is 2.57. The molecule has 0 fully saturated rings. The minimum atomic E-state index is -4.71. The van der Waals surface area contributed by atoms with Crippen LogP contribution in [0, 0.1) is 0 Å². The van der Waals surface area contributed by atoms with E-state index in [0.29, 0.717) is 5.56 Å². The highest BCUT2D eigenvalue weighted by atomic mass is 19.4. The number of halogens is 3. The lowest BCUT2D eigenvalue weighted by molar-refractivity contribution is -0.274. The standard InChI is InChI=1S/C11H8F3NO2/c12-11(13,14)17-8-3-1-2-7(6-8)9-4-5-10(16)15-9/h1-6,9H,(H,15,16)/t9-/m0/s1. The smallest absolute Gasteiger partial charge is 0.406 e. The molecule has 1 aromatic rings. The van der Waals surface area contributed by atoms with E-state index < -0.39 is 12.4 Å². The monoisotopic (exact) mass is 243 g/mol. The third kappa shape index (κ3) is 2.99. The van der Waals surface area contributed by atoms with Crippen molar-refractivity contribution in [1.29, 1.82) is 0 Å². The van der Waals surface area contributed by atoms with Gasteiger partial charge >= 0.3 is 6.36 Å². The Morgan fingerprint density at radius 3 is 2.65 bits per heavy atom. The number of benzene rings is 1. The van der Waals surface area contributed by atoms with Crippen molar-refractivity contribution >= 4 is 5.91 Å². The zero-order chi connectivity index (χ0) is 12.5. The maximum atomic E-state index is 12.0. The molecule has 0 radical (unpaired) electrons. The summed E-state index contributed by atoms with van der Waals surface area (Å²) >= 11 is 0. The Labute approximate surface area is 94.9 Å². The summed E-state index contributed by atoms with van der Waals surface area (Å²) in [4.78, 5) is 10.9. The molecule has 1 heterocycles. The van der Waals surface area contributed by atoms with Crippen LogP contribution in [0.25, 0.3) is 0 Å². The summed E-state index contributed by atoms with van der Waals surface area (Å²) in [6.45, 7) is 0. The highest BCUT2D eigenvalue weighted by Crippen LogP contribution is 2.26. The van der Waals surface area contributed by atoms with Crippen LogP contribution < -0.4 is 10.1 Å². The van der Waals surface area contributed by atoms with Gasteiger partial charge in [-0.3, -0.25) is 4.79 Å². The molecule has 3 nitrogen and oxygen atoms in total. The fourth-order valence-corrected chi connectivity index (χ4v) is 1.53. The minimum absolute atomic E-state index is 0.267. The zero-order valence-electron chi connectivity index (χ0n) is 8.49. The lowest BCUT2D eigenvalue weighted by Crippen LogP contribution is -2.20. The van der Waals surface area contributed by atoms with E-state index in [0.717, 1.165) is 0 Å². The van der Waals surface area contributed by atoms with Crippen molar-refractivity contribution in [2.45, 2.75) is 12.4 Å². The van der Waals surface area contributed by atoms with Gasteiger partial charge in [0.2, 0.25) is 5.91 Å². The highest BCUT2D eigenvalue weighted by Gasteiger charge is 2.31. The molecule has 0 aliphatic carbocycles. The van der Waals surface area contributed by atoms with Crippen LogP contribution in [0.1, 0.15) is 11.6 Å². The number of amides is 1. The molecule has 6 heteroatoms. The summed E-state index contributed by atoms with van der Waals surface area (Å²) in [5.41, 5.74) is 0.536. The van der Waals surface area contributed by atoms with Crippen molar-refractivity contribution in [1.82, 2.24) is 5.32 Å². The van der Waals surface area contributed by atoms with Crippen molar-refractivity contribution in [3.05, 3.63) is 42.0 Å². The van der Waals surface area contributed by atoms with Crippen molar-refractivity contribution < 1.29 is 22.7 Å². The highest BCUT2D eigenvalue weighted by molar-refractivity contribution is 5.90. The van der Waals surface area contributed by atoms with E-state index in [1.807, 2.05) is 0 Å². The van der Waals surface area contributed by atoms with Crippen LogP contribution in [-0.4, -0.2) is 12.3 Å². The maximum Gasteiger partial charge on any atom is 0.573 e. The molecule has 1 amide bonds.